The topological polar surface area (TPSA) is 149 Å². The van der Waals surface area contributed by atoms with Crippen molar-refractivity contribution in [3.63, 3.8) is 0 Å². The fraction of sp³-hybridized carbons (Fsp3) is 0.475. The first-order chi connectivity index (χ1) is 26.1. The zero-order chi connectivity index (χ0) is 38.3. The fourth-order valence-corrected chi connectivity index (χ4v) is 7.77. The van der Waals surface area contributed by atoms with Gasteiger partial charge in [-0.15, -0.1) is 22.7 Å². The third-order valence-electron chi connectivity index (χ3n) is 9.42. The summed E-state index contributed by atoms with van der Waals surface area (Å²) in [5.74, 6) is 0.0287. The molecule has 14 heteroatoms. The molecule has 4 N–H and O–H groups in total. The van der Waals surface area contributed by atoms with E-state index in [1.807, 2.05) is 66.0 Å². The molecule has 290 valence electrons. The molecule has 1 aliphatic rings. The first-order valence-corrected chi connectivity index (χ1v) is 20.4. The van der Waals surface area contributed by atoms with Crippen molar-refractivity contribution in [2.24, 2.45) is 0 Å². The van der Waals surface area contributed by atoms with E-state index in [-0.39, 0.29) is 36.7 Å². The number of benzene rings is 2. The van der Waals surface area contributed by atoms with E-state index >= 15 is 0 Å². The Kier molecular flexibility index (Phi) is 15.8. The molecule has 3 heterocycles. The summed E-state index contributed by atoms with van der Waals surface area (Å²) in [5.41, 5.74) is 4.65. The number of hydrogen-bond acceptors (Lipinski definition) is 10. The van der Waals surface area contributed by atoms with E-state index in [2.05, 4.69) is 44.7 Å². The molecule has 1 fully saturated rings. The minimum absolute atomic E-state index is 0.142. The summed E-state index contributed by atoms with van der Waals surface area (Å²) in [4.78, 5) is 54.0. The third-order valence-corrected chi connectivity index (χ3v) is 11.4. The molecule has 4 aromatic rings. The number of carbonyl (C=O) groups excluding carboxylic acids is 3. The van der Waals surface area contributed by atoms with Crippen molar-refractivity contribution < 1.29 is 24.2 Å². The van der Waals surface area contributed by atoms with Crippen molar-refractivity contribution in [1.82, 2.24) is 35.7 Å². The number of alkyl carbamates (subject to hydrolysis) is 1. The summed E-state index contributed by atoms with van der Waals surface area (Å²) in [7, 11) is 1.70. The van der Waals surface area contributed by atoms with Crippen LogP contribution in [0, 0.1) is 0 Å². The summed E-state index contributed by atoms with van der Waals surface area (Å²) < 4.78 is 5.52. The molecule has 4 amide bonds. The molecule has 0 spiro atoms. The highest BCUT2D eigenvalue weighted by atomic mass is 32.1. The minimum Gasteiger partial charge on any atom is -0.444 e. The summed E-state index contributed by atoms with van der Waals surface area (Å²) in [5, 5.41) is 22.4. The summed E-state index contributed by atoms with van der Waals surface area (Å²) in [6.07, 6.45) is 4.15. The van der Waals surface area contributed by atoms with Gasteiger partial charge in [0.15, 0.2) is 0 Å². The molecule has 12 nitrogen and oxygen atoms in total. The molecule has 0 unspecified atom stereocenters. The number of ether oxygens (including phenoxy) is 1. The number of urea groups is 1. The Labute approximate surface area is 326 Å². The number of hydrogen-bond donors (Lipinski definition) is 4. The maximum Gasteiger partial charge on any atom is 0.407 e. The number of nitrogens with one attached hydrogen (secondary N) is 3. The van der Waals surface area contributed by atoms with Crippen LogP contribution in [0.3, 0.4) is 0 Å². The highest BCUT2D eigenvalue weighted by molar-refractivity contribution is 7.09. The Hall–Kier alpha value is -4.37. The van der Waals surface area contributed by atoms with Gasteiger partial charge < -0.3 is 35.6 Å². The molecule has 0 saturated carbocycles. The number of aromatic nitrogens is 2. The number of carbonyl (C=O) groups is 3. The van der Waals surface area contributed by atoms with Gasteiger partial charge in [0, 0.05) is 56.3 Å². The molecule has 0 bridgehead atoms. The third kappa shape index (κ3) is 13.5. The lowest BCUT2D eigenvalue weighted by Crippen LogP contribution is -2.53. The van der Waals surface area contributed by atoms with Crippen LogP contribution in [0.25, 0.3) is 0 Å². The quantitative estimate of drug-likeness (QED) is 0.0944. The fourth-order valence-electron chi connectivity index (χ4n) is 6.44. The van der Waals surface area contributed by atoms with Gasteiger partial charge in [-0.25, -0.2) is 14.6 Å². The Morgan fingerprint density at radius 3 is 2.19 bits per heavy atom. The second-order valence-electron chi connectivity index (χ2n) is 14.3. The van der Waals surface area contributed by atoms with Crippen LogP contribution in [0.1, 0.15) is 72.2 Å². The molecule has 0 aliphatic carbocycles. The molecular formula is C40H53N7O5S2. The van der Waals surface area contributed by atoms with Gasteiger partial charge in [0.05, 0.1) is 33.7 Å². The molecule has 54 heavy (non-hydrogen) atoms. The van der Waals surface area contributed by atoms with Gasteiger partial charge in [-0.3, -0.25) is 9.78 Å². The molecule has 0 radical (unpaired) electrons. The van der Waals surface area contributed by atoms with E-state index < -0.39 is 12.1 Å². The lowest BCUT2D eigenvalue weighted by Gasteiger charge is -2.28. The van der Waals surface area contributed by atoms with E-state index in [0.29, 0.717) is 64.1 Å². The molecular weight excluding hydrogens is 723 g/mol. The standard InChI is InChI=1S/C40H53N7O5S2/c1-28(2)38-43-33(26-53-38)23-46(3)39(50)45-36(17-19-47-18-16-34(48)24-47)37(49)42-31(20-29-10-6-4-7-11-29)14-15-32(21-30-12-8-5-9-13-30)44-40(51)52-25-35-22-41-27-54-35/h4-13,22,26-28,31-32,34,36,48H,14-21,23-25H2,1-3H3,(H,42,49)(H,44,51)(H,45,50)/t31-,32-,34-,36+/m1/s1. The van der Waals surface area contributed by atoms with Crippen LogP contribution >= 0.6 is 22.7 Å². The second kappa shape index (κ2) is 20.9. The maximum atomic E-state index is 14.2. The predicted molar refractivity (Wildman–Crippen MR) is 212 cm³/mol. The Balaban J connectivity index is 1.28. The number of nitrogens with zero attached hydrogens (tertiary/aromatic N) is 4. The highest BCUT2D eigenvalue weighted by Gasteiger charge is 2.28. The van der Waals surface area contributed by atoms with E-state index in [0.717, 1.165) is 33.3 Å². The number of amides is 4. The first-order valence-electron chi connectivity index (χ1n) is 18.7. The zero-order valence-corrected chi connectivity index (χ0v) is 33.0. The van der Waals surface area contributed by atoms with Gasteiger partial charge in [-0.05, 0) is 49.7 Å². The summed E-state index contributed by atoms with van der Waals surface area (Å²) >= 11 is 3.01. The number of aliphatic hydroxyl groups excluding tert-OH is 1. The lowest BCUT2D eigenvalue weighted by atomic mass is 9.95. The number of aliphatic hydroxyl groups is 1. The number of thiazole rings is 2. The molecule has 2 aromatic carbocycles. The van der Waals surface area contributed by atoms with Crippen molar-refractivity contribution in [2.75, 3.05) is 26.7 Å². The molecule has 2 aromatic heterocycles. The Morgan fingerprint density at radius 1 is 0.944 bits per heavy atom. The Morgan fingerprint density at radius 2 is 1.61 bits per heavy atom. The van der Waals surface area contributed by atoms with Crippen LogP contribution in [0.4, 0.5) is 9.59 Å². The molecule has 5 rings (SSSR count). The van der Waals surface area contributed by atoms with Crippen LogP contribution in [-0.2, 0) is 35.5 Å². The predicted octanol–water partition coefficient (Wildman–Crippen LogP) is 5.74. The van der Waals surface area contributed by atoms with E-state index in [1.54, 1.807) is 35.0 Å². The van der Waals surface area contributed by atoms with Gasteiger partial charge >= 0.3 is 12.1 Å². The van der Waals surface area contributed by atoms with Crippen molar-refractivity contribution >= 4 is 40.7 Å². The smallest absolute Gasteiger partial charge is 0.407 e. The van der Waals surface area contributed by atoms with Crippen molar-refractivity contribution in [2.45, 2.75) is 95.7 Å². The number of β-amino-alcohol motifs (C(OH)–C–C–N with tert-alkyl or cyclic N) is 1. The van der Waals surface area contributed by atoms with Crippen molar-refractivity contribution in [3.8, 4) is 0 Å². The van der Waals surface area contributed by atoms with Crippen LogP contribution in [-0.4, -0.2) is 93.8 Å². The van der Waals surface area contributed by atoms with Gasteiger partial charge in [-0.1, -0.05) is 74.5 Å². The Bertz CT molecular complexity index is 1720. The first kappa shape index (κ1) is 40.8. The molecule has 1 saturated heterocycles. The largest absolute Gasteiger partial charge is 0.444 e. The minimum atomic E-state index is -0.808. The van der Waals surface area contributed by atoms with Crippen molar-refractivity contribution in [3.05, 3.63) is 104 Å². The van der Waals surface area contributed by atoms with Gasteiger partial charge in [0.1, 0.15) is 12.6 Å². The van der Waals surface area contributed by atoms with Crippen LogP contribution in [0.5, 0.6) is 0 Å². The lowest BCUT2D eigenvalue weighted by molar-refractivity contribution is -0.124. The SMILES string of the molecule is CC(C)c1nc(CN(C)C(=O)N[C@@H](CCN2CC[C@@H](O)C2)C(=O)N[C@H](CC[C@H](Cc2ccccc2)NC(=O)OCc2cncs2)Cc2ccccc2)cs1. The van der Waals surface area contributed by atoms with Gasteiger partial charge in [0.25, 0.3) is 0 Å². The van der Waals surface area contributed by atoms with Gasteiger partial charge in [0.2, 0.25) is 5.91 Å². The average molecular weight is 776 g/mol. The van der Waals surface area contributed by atoms with Crippen LogP contribution in [0.2, 0.25) is 0 Å². The van der Waals surface area contributed by atoms with E-state index in [1.165, 1.54) is 11.3 Å². The molecule has 1 aliphatic heterocycles. The van der Waals surface area contributed by atoms with E-state index in [4.69, 9.17) is 4.74 Å². The normalized spacial score (nSPS) is 16.1. The zero-order valence-electron chi connectivity index (χ0n) is 31.4. The van der Waals surface area contributed by atoms with Crippen molar-refractivity contribution in [1.29, 1.82) is 0 Å². The number of rotatable bonds is 19. The summed E-state index contributed by atoms with van der Waals surface area (Å²) in [6, 6.07) is 18.2. The number of likely N-dealkylation sites (tertiary alicyclic amines) is 1. The van der Waals surface area contributed by atoms with E-state index in [9.17, 15) is 19.5 Å². The monoisotopic (exact) mass is 775 g/mol. The highest BCUT2D eigenvalue weighted by Crippen LogP contribution is 2.20. The van der Waals surface area contributed by atoms with Crippen LogP contribution in [0.15, 0.2) is 77.8 Å². The molecule has 4 atom stereocenters. The second-order valence-corrected chi connectivity index (χ2v) is 16.1. The summed E-state index contributed by atoms with van der Waals surface area (Å²) in [6.45, 7) is 6.48. The van der Waals surface area contributed by atoms with Gasteiger partial charge in [-0.2, -0.15) is 0 Å². The maximum absolute atomic E-state index is 14.2. The average Bonchev–Trinajstić information content (AvgIpc) is 3.95. The van der Waals surface area contributed by atoms with Crippen LogP contribution < -0.4 is 16.0 Å².